The quantitative estimate of drug-likeness (QED) is 0.793. The smallest absolute Gasteiger partial charge is 0.216 e. The van der Waals surface area contributed by atoms with E-state index < -0.39 is 6.10 Å². The normalized spacial score (nSPS) is 18.8. The van der Waals surface area contributed by atoms with Crippen molar-refractivity contribution in [2.75, 3.05) is 13.2 Å². The zero-order valence-corrected chi connectivity index (χ0v) is 9.26. The minimum atomic E-state index is -0.651. The Balaban J connectivity index is 2.25. The first-order valence-electron chi connectivity index (χ1n) is 5.39. The van der Waals surface area contributed by atoms with E-state index >= 15 is 0 Å². The predicted octanol–water partition coefficient (Wildman–Crippen LogP) is 0.844. The number of aliphatic imine (C=N–C) groups is 1. The van der Waals surface area contributed by atoms with Crippen molar-refractivity contribution in [3.05, 3.63) is 35.4 Å². The highest BCUT2D eigenvalue weighted by Gasteiger charge is 2.15. The first kappa shape index (κ1) is 11.1. The number of rotatable bonds is 3. The van der Waals surface area contributed by atoms with Gasteiger partial charge in [0.25, 0.3) is 0 Å². The van der Waals surface area contributed by atoms with Gasteiger partial charge >= 0.3 is 0 Å². The van der Waals surface area contributed by atoms with E-state index in [1.54, 1.807) is 6.92 Å². The Hall–Kier alpha value is -1.39. The highest BCUT2D eigenvalue weighted by Crippen LogP contribution is 2.18. The second kappa shape index (κ2) is 4.63. The van der Waals surface area contributed by atoms with Crippen LogP contribution in [0.5, 0.6) is 0 Å². The maximum absolute atomic E-state index is 9.86. The zero-order valence-electron chi connectivity index (χ0n) is 9.26. The van der Waals surface area contributed by atoms with Crippen LogP contribution in [0.3, 0.4) is 0 Å². The van der Waals surface area contributed by atoms with Crippen LogP contribution in [-0.4, -0.2) is 30.2 Å². The van der Waals surface area contributed by atoms with E-state index in [4.69, 9.17) is 10.5 Å². The molecule has 4 nitrogen and oxygen atoms in total. The second-order valence-electron chi connectivity index (χ2n) is 3.96. The van der Waals surface area contributed by atoms with Crippen LogP contribution in [0.4, 0.5) is 0 Å². The average Bonchev–Trinajstić information content (AvgIpc) is 2.81. The third kappa shape index (κ3) is 2.23. The minimum absolute atomic E-state index is 0.290. The van der Waals surface area contributed by atoms with Gasteiger partial charge in [0.15, 0.2) is 0 Å². The van der Waals surface area contributed by atoms with E-state index in [9.17, 15) is 5.11 Å². The van der Waals surface area contributed by atoms with E-state index in [2.05, 4.69) is 4.99 Å². The van der Waals surface area contributed by atoms with Crippen molar-refractivity contribution in [3.63, 3.8) is 0 Å². The van der Waals surface area contributed by atoms with Crippen molar-refractivity contribution in [3.8, 4) is 0 Å². The zero-order chi connectivity index (χ0) is 11.5. The van der Waals surface area contributed by atoms with Crippen molar-refractivity contribution < 1.29 is 9.84 Å². The van der Waals surface area contributed by atoms with Crippen molar-refractivity contribution in [2.45, 2.75) is 19.1 Å². The highest BCUT2D eigenvalue weighted by molar-refractivity contribution is 5.95. The molecule has 0 fully saturated rings. The Morgan fingerprint density at radius 3 is 2.94 bits per heavy atom. The molecule has 3 N–H and O–H groups in total. The lowest BCUT2D eigenvalue weighted by atomic mass is 10.0. The molecule has 2 unspecified atom stereocenters. The van der Waals surface area contributed by atoms with Gasteiger partial charge < -0.3 is 15.6 Å². The number of ether oxygens (including phenoxy) is 1. The highest BCUT2D eigenvalue weighted by atomic mass is 16.5. The summed E-state index contributed by atoms with van der Waals surface area (Å²) in [6, 6.07) is 7.23. The third-order valence-corrected chi connectivity index (χ3v) is 2.56. The summed E-state index contributed by atoms with van der Waals surface area (Å²) >= 11 is 0. The number of hydrogen-bond acceptors (Lipinski definition) is 4. The summed E-state index contributed by atoms with van der Waals surface area (Å²) in [6.07, 6.45) is -0.651. The van der Waals surface area contributed by atoms with Gasteiger partial charge in [-0.15, -0.1) is 0 Å². The molecule has 0 amide bonds. The van der Waals surface area contributed by atoms with E-state index in [1.165, 1.54) is 0 Å². The lowest BCUT2D eigenvalue weighted by Gasteiger charge is -2.15. The Kier molecular flexibility index (Phi) is 3.22. The van der Waals surface area contributed by atoms with Crippen LogP contribution in [0.25, 0.3) is 0 Å². The molecule has 0 saturated heterocycles. The summed E-state index contributed by atoms with van der Waals surface area (Å²) < 4.78 is 5.37. The van der Waals surface area contributed by atoms with Gasteiger partial charge in [0.1, 0.15) is 6.61 Å². The predicted molar refractivity (Wildman–Crippen MR) is 62.4 cm³/mol. The summed E-state index contributed by atoms with van der Waals surface area (Å²) in [4.78, 5) is 4.23. The van der Waals surface area contributed by atoms with Gasteiger partial charge in [-0.25, -0.2) is 4.99 Å². The molecule has 1 aromatic rings. The fraction of sp³-hybridized carbons (Fsp3) is 0.417. The van der Waals surface area contributed by atoms with Gasteiger partial charge in [0, 0.05) is 11.6 Å². The molecular formula is C12H16N2O2. The molecule has 1 aliphatic rings. The molecule has 0 aliphatic carbocycles. The Bertz CT molecular complexity index is 402. The molecule has 86 valence electrons. The first-order chi connectivity index (χ1) is 7.68. The van der Waals surface area contributed by atoms with Crippen molar-refractivity contribution in [1.82, 2.24) is 0 Å². The van der Waals surface area contributed by atoms with Crippen LogP contribution in [0.1, 0.15) is 24.2 Å². The van der Waals surface area contributed by atoms with Crippen LogP contribution in [0.15, 0.2) is 29.3 Å². The number of aliphatic hydroxyl groups is 1. The third-order valence-electron chi connectivity index (χ3n) is 2.56. The standard InChI is InChI=1S/C12H16N2O2/c1-8(13)11(15)9-3-2-4-10(7-9)12-14-5-6-16-12/h2-4,7-8,11,15H,5-6,13H2,1H3. The topological polar surface area (TPSA) is 67.8 Å². The van der Waals surface area contributed by atoms with Gasteiger partial charge in [-0.1, -0.05) is 12.1 Å². The van der Waals surface area contributed by atoms with E-state index in [-0.39, 0.29) is 6.04 Å². The van der Waals surface area contributed by atoms with Gasteiger partial charge in [0.2, 0.25) is 5.90 Å². The number of hydrogen-bond donors (Lipinski definition) is 2. The summed E-state index contributed by atoms with van der Waals surface area (Å²) in [5.41, 5.74) is 7.35. The maximum Gasteiger partial charge on any atom is 0.216 e. The van der Waals surface area contributed by atoms with Crippen LogP contribution >= 0.6 is 0 Å². The molecule has 1 aromatic carbocycles. The molecular weight excluding hydrogens is 204 g/mol. The van der Waals surface area contributed by atoms with Crippen molar-refractivity contribution in [2.24, 2.45) is 10.7 Å². The molecule has 0 radical (unpaired) electrons. The fourth-order valence-electron chi connectivity index (χ4n) is 1.67. The molecule has 0 bridgehead atoms. The molecule has 0 aromatic heterocycles. The molecule has 0 saturated carbocycles. The molecule has 1 aliphatic heterocycles. The van der Waals surface area contributed by atoms with E-state index in [1.807, 2.05) is 24.3 Å². The summed E-state index contributed by atoms with van der Waals surface area (Å²) in [7, 11) is 0. The van der Waals surface area contributed by atoms with E-state index in [0.29, 0.717) is 19.0 Å². The summed E-state index contributed by atoms with van der Waals surface area (Å²) in [5, 5.41) is 9.86. The van der Waals surface area contributed by atoms with Crippen LogP contribution in [0, 0.1) is 0 Å². The monoisotopic (exact) mass is 220 g/mol. The Morgan fingerprint density at radius 2 is 2.31 bits per heavy atom. The van der Waals surface area contributed by atoms with Crippen molar-refractivity contribution in [1.29, 1.82) is 0 Å². The largest absolute Gasteiger partial charge is 0.476 e. The minimum Gasteiger partial charge on any atom is -0.476 e. The lowest BCUT2D eigenvalue weighted by Crippen LogP contribution is -2.24. The van der Waals surface area contributed by atoms with E-state index in [0.717, 1.165) is 11.1 Å². The molecule has 1 heterocycles. The molecule has 16 heavy (non-hydrogen) atoms. The number of aliphatic hydroxyl groups excluding tert-OH is 1. The van der Waals surface area contributed by atoms with Crippen molar-refractivity contribution >= 4 is 5.90 Å². The SMILES string of the molecule is CC(N)C(O)c1cccc(C2=NCCO2)c1. The number of nitrogens with two attached hydrogens (primary N) is 1. The van der Waals surface area contributed by atoms with Crippen LogP contribution in [-0.2, 0) is 4.74 Å². The summed E-state index contributed by atoms with van der Waals surface area (Å²) in [6.45, 7) is 3.12. The average molecular weight is 220 g/mol. The Morgan fingerprint density at radius 1 is 1.50 bits per heavy atom. The summed E-state index contributed by atoms with van der Waals surface area (Å²) in [5.74, 6) is 0.652. The van der Waals surface area contributed by atoms with Gasteiger partial charge in [-0.2, -0.15) is 0 Å². The molecule has 2 atom stereocenters. The van der Waals surface area contributed by atoms with Crippen LogP contribution in [0.2, 0.25) is 0 Å². The second-order valence-corrected chi connectivity index (χ2v) is 3.96. The molecule has 0 spiro atoms. The van der Waals surface area contributed by atoms with Gasteiger partial charge in [-0.3, -0.25) is 0 Å². The molecule has 2 rings (SSSR count). The molecule has 4 heteroatoms. The fourth-order valence-corrected chi connectivity index (χ4v) is 1.67. The number of nitrogens with zero attached hydrogens (tertiary/aromatic N) is 1. The van der Waals surface area contributed by atoms with Crippen LogP contribution < -0.4 is 5.73 Å². The first-order valence-corrected chi connectivity index (χ1v) is 5.39. The Labute approximate surface area is 94.8 Å². The van der Waals surface area contributed by atoms with Gasteiger partial charge in [0.05, 0.1) is 12.6 Å². The maximum atomic E-state index is 9.86. The number of benzene rings is 1. The lowest BCUT2D eigenvalue weighted by molar-refractivity contribution is 0.153. The van der Waals surface area contributed by atoms with Gasteiger partial charge in [-0.05, 0) is 24.6 Å².